The summed E-state index contributed by atoms with van der Waals surface area (Å²) in [6.45, 7) is 2.07. The van der Waals surface area contributed by atoms with Crippen LogP contribution in [0.1, 0.15) is 5.56 Å². The summed E-state index contributed by atoms with van der Waals surface area (Å²) in [5, 5.41) is 0.685. The highest BCUT2D eigenvalue weighted by atomic mass is 32.2. The normalized spacial score (nSPS) is 10.3. The zero-order valence-corrected chi connectivity index (χ0v) is 12.0. The van der Waals surface area contributed by atoms with E-state index in [2.05, 4.69) is 46.6 Å². The summed E-state index contributed by atoms with van der Waals surface area (Å²) in [7, 11) is 1.97. The summed E-state index contributed by atoms with van der Waals surface area (Å²) in [5.74, 6) is 6.84. The second kappa shape index (κ2) is 5.90. The molecule has 3 N–H and O–H groups in total. The predicted octanol–water partition coefficient (Wildman–Crippen LogP) is 2.56. The highest BCUT2D eigenvalue weighted by Crippen LogP contribution is 2.25. The Morgan fingerprint density at radius 3 is 2.47 bits per heavy atom. The number of hydrazine groups is 1. The summed E-state index contributed by atoms with van der Waals surface area (Å²) in [5.41, 5.74) is 4.87. The van der Waals surface area contributed by atoms with Crippen molar-refractivity contribution in [3.8, 4) is 0 Å². The van der Waals surface area contributed by atoms with Gasteiger partial charge in [-0.2, -0.15) is 0 Å². The van der Waals surface area contributed by atoms with Crippen LogP contribution in [0.25, 0.3) is 0 Å². The molecule has 0 amide bonds. The van der Waals surface area contributed by atoms with E-state index in [1.54, 1.807) is 0 Å². The monoisotopic (exact) mass is 275 g/mol. The van der Waals surface area contributed by atoms with Gasteiger partial charge in [-0.15, -0.1) is 0 Å². The van der Waals surface area contributed by atoms with Crippen LogP contribution in [-0.4, -0.2) is 23.3 Å². The van der Waals surface area contributed by atoms with Crippen molar-refractivity contribution < 1.29 is 0 Å². The maximum absolute atomic E-state index is 5.43. The minimum absolute atomic E-state index is 0.605. The fourth-order valence-corrected chi connectivity index (χ4v) is 2.03. The average Bonchev–Trinajstić information content (AvgIpc) is 2.46. The number of nitrogens with zero attached hydrogens (tertiary/aromatic N) is 3. The van der Waals surface area contributed by atoms with Gasteiger partial charge in [-0.1, -0.05) is 29.5 Å². The van der Waals surface area contributed by atoms with Crippen LogP contribution >= 0.6 is 11.8 Å². The SMILES string of the molecule is CSc1nc(NN)cc(N(C)c2ccc(C)cc2)n1. The molecule has 2 aromatic rings. The molecule has 1 aromatic carbocycles. The van der Waals surface area contributed by atoms with Crippen LogP contribution in [-0.2, 0) is 0 Å². The van der Waals surface area contributed by atoms with Gasteiger partial charge in [0.15, 0.2) is 5.16 Å². The second-order valence-corrected chi connectivity index (χ2v) is 4.91. The molecule has 5 nitrogen and oxygen atoms in total. The highest BCUT2D eigenvalue weighted by Gasteiger charge is 2.09. The Morgan fingerprint density at radius 1 is 1.21 bits per heavy atom. The number of hydrogen-bond donors (Lipinski definition) is 2. The van der Waals surface area contributed by atoms with Gasteiger partial charge < -0.3 is 10.3 Å². The first-order valence-corrected chi connectivity index (χ1v) is 7.06. The lowest BCUT2D eigenvalue weighted by atomic mass is 10.2. The third-order valence-corrected chi connectivity index (χ3v) is 3.34. The van der Waals surface area contributed by atoms with Crippen molar-refractivity contribution in [1.29, 1.82) is 0 Å². The molecule has 0 bridgehead atoms. The summed E-state index contributed by atoms with van der Waals surface area (Å²) >= 11 is 1.48. The summed E-state index contributed by atoms with van der Waals surface area (Å²) < 4.78 is 0. The molecule has 0 saturated heterocycles. The van der Waals surface area contributed by atoms with E-state index in [-0.39, 0.29) is 0 Å². The van der Waals surface area contributed by atoms with Gasteiger partial charge in [-0.05, 0) is 25.3 Å². The van der Waals surface area contributed by atoms with Gasteiger partial charge in [0, 0.05) is 18.8 Å². The molecule has 0 saturated carbocycles. The lowest BCUT2D eigenvalue weighted by molar-refractivity contribution is 0.943. The smallest absolute Gasteiger partial charge is 0.191 e. The standard InChI is InChI=1S/C13H17N5S/c1-9-4-6-10(7-5-9)18(2)12-8-11(17-14)15-13(16-12)19-3/h4-8H,14H2,1-3H3,(H,15,16,17). The van der Waals surface area contributed by atoms with Crippen molar-refractivity contribution in [3.63, 3.8) is 0 Å². The van der Waals surface area contributed by atoms with E-state index < -0.39 is 0 Å². The molecule has 2 rings (SSSR count). The number of thioether (sulfide) groups is 1. The maximum Gasteiger partial charge on any atom is 0.191 e. The van der Waals surface area contributed by atoms with Gasteiger partial charge in [0.25, 0.3) is 0 Å². The van der Waals surface area contributed by atoms with E-state index in [4.69, 9.17) is 5.84 Å². The number of nitrogen functional groups attached to an aromatic ring is 1. The molecule has 0 radical (unpaired) electrons. The van der Waals surface area contributed by atoms with Crippen molar-refractivity contribution in [1.82, 2.24) is 9.97 Å². The third-order valence-electron chi connectivity index (χ3n) is 2.79. The van der Waals surface area contributed by atoms with Gasteiger partial charge in [0.1, 0.15) is 11.6 Å². The predicted molar refractivity (Wildman–Crippen MR) is 80.9 cm³/mol. The minimum Gasteiger partial charge on any atom is -0.329 e. The Bertz CT molecular complexity index is 533. The minimum atomic E-state index is 0.605. The van der Waals surface area contributed by atoms with Crippen LogP contribution in [0.15, 0.2) is 35.5 Å². The molecule has 0 fully saturated rings. The fourth-order valence-electron chi connectivity index (χ4n) is 1.65. The molecule has 1 aromatic heterocycles. The van der Waals surface area contributed by atoms with E-state index in [1.165, 1.54) is 17.3 Å². The van der Waals surface area contributed by atoms with Gasteiger partial charge in [0.05, 0.1) is 0 Å². The molecule has 100 valence electrons. The molecule has 19 heavy (non-hydrogen) atoms. The molecule has 0 unspecified atom stereocenters. The van der Waals surface area contributed by atoms with Crippen molar-refractivity contribution >= 4 is 29.1 Å². The lowest BCUT2D eigenvalue weighted by Crippen LogP contribution is -2.15. The molecule has 0 atom stereocenters. The Morgan fingerprint density at radius 2 is 1.89 bits per heavy atom. The number of benzene rings is 1. The molecule has 0 aliphatic carbocycles. The van der Waals surface area contributed by atoms with Gasteiger partial charge in [-0.3, -0.25) is 0 Å². The number of anilines is 3. The Kier molecular flexibility index (Phi) is 4.24. The molecule has 6 heteroatoms. The maximum atomic E-state index is 5.43. The van der Waals surface area contributed by atoms with Gasteiger partial charge >= 0.3 is 0 Å². The van der Waals surface area contributed by atoms with Crippen LogP contribution in [0.4, 0.5) is 17.3 Å². The molecule has 1 heterocycles. The molecule has 0 spiro atoms. The average molecular weight is 275 g/mol. The molecule has 0 aliphatic rings. The Balaban J connectivity index is 2.37. The third kappa shape index (κ3) is 3.15. The summed E-state index contributed by atoms with van der Waals surface area (Å²) in [6, 6.07) is 10.1. The van der Waals surface area contributed by atoms with Gasteiger partial charge in [-0.25, -0.2) is 15.8 Å². The first kappa shape index (κ1) is 13.6. The molecular weight excluding hydrogens is 258 g/mol. The fraction of sp³-hybridized carbons (Fsp3) is 0.231. The van der Waals surface area contributed by atoms with Crippen molar-refractivity contribution in [3.05, 3.63) is 35.9 Å². The second-order valence-electron chi connectivity index (χ2n) is 4.14. The van der Waals surface area contributed by atoms with Crippen LogP contribution in [0, 0.1) is 6.92 Å². The largest absolute Gasteiger partial charge is 0.329 e. The lowest BCUT2D eigenvalue weighted by Gasteiger charge is -2.19. The summed E-state index contributed by atoms with van der Waals surface area (Å²) in [6.07, 6.45) is 1.94. The number of aryl methyl sites for hydroxylation is 1. The van der Waals surface area contributed by atoms with Crippen LogP contribution in [0.5, 0.6) is 0 Å². The quantitative estimate of drug-likeness (QED) is 0.387. The van der Waals surface area contributed by atoms with Crippen molar-refractivity contribution in [2.24, 2.45) is 5.84 Å². The summed E-state index contributed by atoms with van der Waals surface area (Å²) in [4.78, 5) is 10.7. The number of rotatable bonds is 4. The van der Waals surface area contributed by atoms with E-state index in [9.17, 15) is 0 Å². The van der Waals surface area contributed by atoms with E-state index in [0.29, 0.717) is 11.0 Å². The number of aromatic nitrogens is 2. The number of nitrogens with one attached hydrogen (secondary N) is 1. The molecule has 0 aliphatic heterocycles. The first-order chi connectivity index (χ1) is 9.13. The first-order valence-electron chi connectivity index (χ1n) is 5.84. The zero-order valence-electron chi connectivity index (χ0n) is 11.2. The van der Waals surface area contributed by atoms with E-state index in [1.807, 2.05) is 24.3 Å². The number of nitrogens with two attached hydrogens (primary N) is 1. The van der Waals surface area contributed by atoms with E-state index >= 15 is 0 Å². The molecular formula is C13H17N5S. The Hall–Kier alpha value is -1.79. The zero-order chi connectivity index (χ0) is 13.8. The van der Waals surface area contributed by atoms with Crippen LogP contribution in [0.2, 0.25) is 0 Å². The topological polar surface area (TPSA) is 67.1 Å². The van der Waals surface area contributed by atoms with E-state index in [0.717, 1.165) is 11.5 Å². The number of hydrogen-bond acceptors (Lipinski definition) is 6. The van der Waals surface area contributed by atoms with Crippen molar-refractivity contribution in [2.45, 2.75) is 12.1 Å². The Labute approximate surface area is 117 Å². The highest BCUT2D eigenvalue weighted by molar-refractivity contribution is 7.98. The van der Waals surface area contributed by atoms with Crippen molar-refractivity contribution in [2.75, 3.05) is 23.6 Å². The van der Waals surface area contributed by atoms with Gasteiger partial charge in [0.2, 0.25) is 0 Å². The van der Waals surface area contributed by atoms with Crippen LogP contribution < -0.4 is 16.2 Å². The van der Waals surface area contributed by atoms with Crippen LogP contribution in [0.3, 0.4) is 0 Å².